The Morgan fingerprint density at radius 3 is 2.50 bits per heavy atom. The van der Waals surface area contributed by atoms with Crippen molar-refractivity contribution in [2.45, 2.75) is 44.9 Å². The van der Waals surface area contributed by atoms with Gasteiger partial charge in [-0.15, -0.1) is 11.3 Å². The van der Waals surface area contributed by atoms with E-state index in [0.29, 0.717) is 26.0 Å². The van der Waals surface area contributed by atoms with Crippen LogP contribution >= 0.6 is 22.9 Å². The minimum absolute atomic E-state index is 0.152. The topological polar surface area (TPSA) is 79.2 Å². The number of nitriles is 1. The summed E-state index contributed by atoms with van der Waals surface area (Å²) in [7, 11) is 0. The third-order valence-corrected chi connectivity index (χ3v) is 6.67. The van der Waals surface area contributed by atoms with Gasteiger partial charge in [-0.25, -0.2) is 4.79 Å². The van der Waals surface area contributed by atoms with Crippen LogP contribution in [0.3, 0.4) is 0 Å². The van der Waals surface area contributed by atoms with Gasteiger partial charge in [0, 0.05) is 5.02 Å². The fourth-order valence-corrected chi connectivity index (χ4v) is 4.92. The smallest absolute Gasteiger partial charge is 0.348 e. The average molecular weight is 417 g/mol. The van der Waals surface area contributed by atoms with E-state index in [1.54, 1.807) is 26.0 Å². The van der Waals surface area contributed by atoms with Crippen molar-refractivity contribution in [2.24, 2.45) is 0 Å². The Morgan fingerprint density at radius 2 is 1.93 bits per heavy atom. The highest BCUT2D eigenvalue weighted by Gasteiger charge is 2.43. The standard InChI is InChI=1S/C21H21ClN2O3S/c1-3-27-19(25)17-13(2)16(12-23)18(28-17)24-20(26)21(10-4-5-11-21)14-6-8-15(22)9-7-14/h6-9H,3-5,10-11H2,1-2H3,(H,24,26). The lowest BCUT2D eigenvalue weighted by atomic mass is 9.78. The first-order valence-electron chi connectivity index (χ1n) is 9.21. The van der Waals surface area contributed by atoms with E-state index in [1.807, 2.05) is 12.1 Å². The minimum atomic E-state index is -0.653. The summed E-state index contributed by atoms with van der Waals surface area (Å²) in [6.45, 7) is 3.67. The molecule has 28 heavy (non-hydrogen) atoms. The van der Waals surface area contributed by atoms with Crippen molar-refractivity contribution in [2.75, 3.05) is 11.9 Å². The van der Waals surface area contributed by atoms with E-state index in [2.05, 4.69) is 11.4 Å². The van der Waals surface area contributed by atoms with Crippen LogP contribution in [-0.2, 0) is 14.9 Å². The first-order valence-corrected chi connectivity index (χ1v) is 10.4. The molecule has 3 rings (SSSR count). The number of rotatable bonds is 5. The van der Waals surface area contributed by atoms with Gasteiger partial charge in [-0.1, -0.05) is 36.6 Å². The van der Waals surface area contributed by atoms with E-state index in [-0.39, 0.29) is 12.5 Å². The average Bonchev–Trinajstić information content (AvgIpc) is 3.28. The van der Waals surface area contributed by atoms with Gasteiger partial charge in [0.05, 0.1) is 17.6 Å². The zero-order chi connectivity index (χ0) is 20.3. The molecule has 1 fully saturated rings. The van der Waals surface area contributed by atoms with E-state index in [9.17, 15) is 14.9 Å². The number of hydrogen-bond acceptors (Lipinski definition) is 5. The number of benzene rings is 1. The monoisotopic (exact) mass is 416 g/mol. The van der Waals surface area contributed by atoms with Crippen LogP contribution in [-0.4, -0.2) is 18.5 Å². The Balaban J connectivity index is 1.95. The molecular formula is C21H21ClN2O3S. The highest BCUT2D eigenvalue weighted by molar-refractivity contribution is 7.18. The number of halogens is 1. The van der Waals surface area contributed by atoms with Gasteiger partial charge in [0.15, 0.2) is 0 Å². The van der Waals surface area contributed by atoms with Crippen LogP contribution in [0.4, 0.5) is 5.00 Å². The van der Waals surface area contributed by atoms with Gasteiger partial charge >= 0.3 is 5.97 Å². The maximum Gasteiger partial charge on any atom is 0.348 e. The Hall–Kier alpha value is -2.36. The summed E-state index contributed by atoms with van der Waals surface area (Å²) in [6.07, 6.45) is 3.38. The third kappa shape index (κ3) is 3.65. The quantitative estimate of drug-likeness (QED) is 0.678. The zero-order valence-electron chi connectivity index (χ0n) is 15.8. The molecule has 7 heteroatoms. The third-order valence-electron chi connectivity index (χ3n) is 5.24. The number of nitrogens with one attached hydrogen (secondary N) is 1. The molecule has 1 N–H and O–H groups in total. The molecule has 0 radical (unpaired) electrons. The summed E-state index contributed by atoms with van der Waals surface area (Å²) >= 11 is 7.10. The predicted molar refractivity (Wildman–Crippen MR) is 110 cm³/mol. The summed E-state index contributed by atoms with van der Waals surface area (Å²) < 4.78 is 5.06. The number of thiophene rings is 1. The van der Waals surface area contributed by atoms with Gasteiger partial charge < -0.3 is 10.1 Å². The molecule has 1 aromatic heterocycles. The highest BCUT2D eigenvalue weighted by atomic mass is 35.5. The minimum Gasteiger partial charge on any atom is -0.462 e. The fourth-order valence-electron chi connectivity index (χ4n) is 3.74. The predicted octanol–water partition coefficient (Wildman–Crippen LogP) is 5.21. The Labute approximate surface area is 173 Å². The molecule has 1 saturated carbocycles. The molecule has 1 aliphatic carbocycles. The first kappa shape index (κ1) is 20.4. The molecule has 1 aliphatic rings. The number of hydrogen-bond donors (Lipinski definition) is 1. The van der Waals surface area contributed by atoms with Crippen LogP contribution in [0.2, 0.25) is 5.02 Å². The number of carbonyl (C=O) groups is 2. The zero-order valence-corrected chi connectivity index (χ0v) is 17.4. The molecule has 0 saturated heterocycles. The molecule has 1 amide bonds. The van der Waals surface area contributed by atoms with E-state index in [0.717, 1.165) is 42.6 Å². The van der Waals surface area contributed by atoms with Gasteiger partial charge in [-0.05, 0) is 49.9 Å². The Morgan fingerprint density at radius 1 is 1.29 bits per heavy atom. The molecule has 5 nitrogen and oxygen atoms in total. The summed E-state index contributed by atoms with van der Waals surface area (Å²) in [5.41, 5.74) is 1.11. The second-order valence-corrected chi connectivity index (χ2v) is 8.30. The van der Waals surface area contributed by atoms with Gasteiger partial charge in [-0.2, -0.15) is 5.26 Å². The summed E-state index contributed by atoms with van der Waals surface area (Å²) in [5.74, 6) is -0.629. The Kier molecular flexibility index (Phi) is 6.07. The largest absolute Gasteiger partial charge is 0.462 e. The normalized spacial score (nSPS) is 15.1. The van der Waals surface area contributed by atoms with Crippen LogP contribution in [0, 0.1) is 18.3 Å². The van der Waals surface area contributed by atoms with Crippen molar-refractivity contribution in [1.29, 1.82) is 5.26 Å². The lowest BCUT2D eigenvalue weighted by Crippen LogP contribution is -2.37. The van der Waals surface area contributed by atoms with Crippen LogP contribution in [0.25, 0.3) is 0 Å². The van der Waals surface area contributed by atoms with Gasteiger partial charge in [0.2, 0.25) is 5.91 Å². The van der Waals surface area contributed by atoms with Gasteiger partial charge in [0.1, 0.15) is 15.9 Å². The van der Waals surface area contributed by atoms with E-state index in [1.165, 1.54) is 0 Å². The molecule has 0 spiro atoms. The van der Waals surface area contributed by atoms with E-state index in [4.69, 9.17) is 16.3 Å². The number of esters is 1. The van der Waals surface area contributed by atoms with Crippen LogP contribution < -0.4 is 5.32 Å². The van der Waals surface area contributed by atoms with Gasteiger partial charge in [-0.3, -0.25) is 4.79 Å². The number of carbonyl (C=O) groups excluding carboxylic acids is 2. The number of nitrogens with zero attached hydrogens (tertiary/aromatic N) is 1. The van der Waals surface area contributed by atoms with Crippen LogP contribution in [0.5, 0.6) is 0 Å². The maximum absolute atomic E-state index is 13.3. The Bertz CT molecular complexity index is 938. The maximum atomic E-state index is 13.3. The molecule has 0 bridgehead atoms. The number of anilines is 1. The van der Waals surface area contributed by atoms with Crippen molar-refractivity contribution in [1.82, 2.24) is 0 Å². The molecular weight excluding hydrogens is 396 g/mol. The van der Waals surface area contributed by atoms with Crippen LogP contribution in [0.15, 0.2) is 24.3 Å². The second-order valence-electron chi connectivity index (χ2n) is 6.84. The van der Waals surface area contributed by atoms with E-state index >= 15 is 0 Å². The highest BCUT2D eigenvalue weighted by Crippen LogP contribution is 2.43. The number of amides is 1. The molecule has 146 valence electrons. The second kappa shape index (κ2) is 8.34. The number of ether oxygens (including phenoxy) is 1. The van der Waals surface area contributed by atoms with Crippen LogP contribution in [0.1, 0.15) is 59.0 Å². The summed E-state index contributed by atoms with van der Waals surface area (Å²) in [4.78, 5) is 25.9. The van der Waals surface area contributed by atoms with Crippen molar-refractivity contribution >= 4 is 39.8 Å². The molecule has 1 heterocycles. The van der Waals surface area contributed by atoms with Crippen molar-refractivity contribution in [3.05, 3.63) is 50.9 Å². The molecule has 0 atom stereocenters. The van der Waals surface area contributed by atoms with Crippen molar-refractivity contribution in [3.8, 4) is 6.07 Å². The molecule has 2 aromatic rings. The lowest BCUT2D eigenvalue weighted by Gasteiger charge is -2.28. The fraction of sp³-hybridized carbons (Fsp3) is 0.381. The lowest BCUT2D eigenvalue weighted by molar-refractivity contribution is -0.121. The van der Waals surface area contributed by atoms with Gasteiger partial charge in [0.25, 0.3) is 0 Å². The SMILES string of the molecule is CCOC(=O)c1sc(NC(=O)C2(c3ccc(Cl)cc3)CCCC2)c(C#N)c1C. The first-order chi connectivity index (χ1) is 13.4. The van der Waals surface area contributed by atoms with E-state index < -0.39 is 11.4 Å². The van der Waals surface area contributed by atoms with Crippen molar-refractivity contribution in [3.63, 3.8) is 0 Å². The summed E-state index contributed by atoms with van der Waals surface area (Å²) in [6, 6.07) is 9.47. The summed E-state index contributed by atoms with van der Waals surface area (Å²) in [5, 5.41) is 13.5. The molecule has 0 unspecified atom stereocenters. The molecule has 1 aromatic carbocycles. The molecule has 0 aliphatic heterocycles. The van der Waals surface area contributed by atoms with Crippen molar-refractivity contribution < 1.29 is 14.3 Å².